The molecule has 4 heteroatoms. The van der Waals surface area contributed by atoms with Gasteiger partial charge in [0.2, 0.25) is 0 Å². The van der Waals surface area contributed by atoms with Crippen molar-refractivity contribution >= 4 is 11.6 Å². The number of alkyl halides is 2. The zero-order chi connectivity index (χ0) is 13.3. The molecule has 98 valence electrons. The van der Waals surface area contributed by atoms with Crippen molar-refractivity contribution in [3.63, 3.8) is 0 Å². The fraction of sp³-hybridized carbons (Fsp3) is 0.538. The average molecular weight is 265 g/mol. The Kier molecular flexibility index (Phi) is 8.78. The molecule has 1 rings (SSSR count). The largest absolute Gasteiger partial charge is 0.435 e. The molecule has 0 saturated carbocycles. The topological polar surface area (TPSA) is 9.23 Å². The van der Waals surface area contributed by atoms with E-state index < -0.39 is 6.61 Å². The van der Waals surface area contributed by atoms with Crippen LogP contribution >= 0.6 is 11.6 Å². The van der Waals surface area contributed by atoms with E-state index in [0.717, 1.165) is 12.0 Å². The fourth-order valence-corrected chi connectivity index (χ4v) is 1.42. The summed E-state index contributed by atoms with van der Waals surface area (Å²) < 4.78 is 28.3. The van der Waals surface area contributed by atoms with Gasteiger partial charge in [0.15, 0.2) is 0 Å². The maximum Gasteiger partial charge on any atom is 0.387 e. The molecular formula is C13H19ClF2O. The Bertz CT molecular complexity index is 316. The molecular weight excluding hydrogens is 246 g/mol. The first-order valence-electron chi connectivity index (χ1n) is 5.78. The standard InChI is InChI=1S/C10H11ClF2O.C3H8/c1-2-3-7-6-8(11)4-5-9(7)14-10(12)13;1-3-2/h4-6,10H,2-3H2,1H3;3H2,1-2H3. The molecule has 17 heavy (non-hydrogen) atoms. The highest BCUT2D eigenvalue weighted by Gasteiger charge is 2.09. The lowest BCUT2D eigenvalue weighted by Crippen LogP contribution is -2.04. The summed E-state index contributed by atoms with van der Waals surface area (Å²) in [7, 11) is 0. The number of halogens is 3. The van der Waals surface area contributed by atoms with Crippen LogP contribution in [0.1, 0.15) is 39.2 Å². The molecule has 0 unspecified atom stereocenters. The normalized spacial score (nSPS) is 9.82. The van der Waals surface area contributed by atoms with E-state index in [0.29, 0.717) is 11.4 Å². The molecule has 0 aliphatic rings. The van der Waals surface area contributed by atoms with Crippen LogP contribution in [0.2, 0.25) is 5.02 Å². The summed E-state index contributed by atoms with van der Waals surface area (Å²) in [4.78, 5) is 0. The Morgan fingerprint density at radius 3 is 2.29 bits per heavy atom. The molecule has 0 fully saturated rings. The smallest absolute Gasteiger partial charge is 0.387 e. The van der Waals surface area contributed by atoms with Gasteiger partial charge in [-0.3, -0.25) is 0 Å². The average Bonchev–Trinajstić information content (AvgIpc) is 2.23. The molecule has 1 aromatic carbocycles. The van der Waals surface area contributed by atoms with E-state index in [9.17, 15) is 8.78 Å². The monoisotopic (exact) mass is 264 g/mol. The minimum atomic E-state index is -2.79. The Labute approximate surface area is 107 Å². The second kappa shape index (κ2) is 9.23. The molecule has 0 amide bonds. The second-order valence-corrected chi connectivity index (χ2v) is 4.02. The van der Waals surface area contributed by atoms with E-state index >= 15 is 0 Å². The van der Waals surface area contributed by atoms with Crippen LogP contribution in [-0.4, -0.2) is 6.61 Å². The van der Waals surface area contributed by atoms with Crippen molar-refractivity contribution in [3.05, 3.63) is 28.8 Å². The number of benzene rings is 1. The maximum absolute atomic E-state index is 12.0. The molecule has 1 nitrogen and oxygen atoms in total. The third kappa shape index (κ3) is 7.16. The highest BCUT2D eigenvalue weighted by molar-refractivity contribution is 6.30. The van der Waals surface area contributed by atoms with Crippen LogP contribution in [0.15, 0.2) is 18.2 Å². The van der Waals surface area contributed by atoms with Crippen molar-refractivity contribution in [1.82, 2.24) is 0 Å². The summed E-state index contributed by atoms with van der Waals surface area (Å²) in [6.45, 7) is 3.43. The van der Waals surface area contributed by atoms with Crippen LogP contribution in [0.5, 0.6) is 5.75 Å². The Morgan fingerprint density at radius 2 is 1.82 bits per heavy atom. The van der Waals surface area contributed by atoms with Crippen molar-refractivity contribution in [1.29, 1.82) is 0 Å². The first-order valence-corrected chi connectivity index (χ1v) is 6.16. The Morgan fingerprint density at radius 1 is 1.24 bits per heavy atom. The van der Waals surface area contributed by atoms with Gasteiger partial charge in [-0.2, -0.15) is 8.78 Å². The quantitative estimate of drug-likeness (QED) is 0.716. The minimum Gasteiger partial charge on any atom is -0.435 e. The van der Waals surface area contributed by atoms with Crippen molar-refractivity contribution in [2.45, 2.75) is 46.6 Å². The number of ether oxygens (including phenoxy) is 1. The summed E-state index contributed by atoms with van der Waals surface area (Å²) >= 11 is 5.75. The van der Waals surface area contributed by atoms with E-state index in [1.54, 1.807) is 12.1 Å². The lowest BCUT2D eigenvalue weighted by Gasteiger charge is -2.09. The predicted molar refractivity (Wildman–Crippen MR) is 68.0 cm³/mol. The first kappa shape index (κ1) is 16.2. The van der Waals surface area contributed by atoms with Gasteiger partial charge < -0.3 is 4.74 Å². The van der Waals surface area contributed by atoms with Crippen LogP contribution in [0.4, 0.5) is 8.78 Å². The van der Waals surface area contributed by atoms with Gasteiger partial charge in [-0.15, -0.1) is 0 Å². The third-order valence-corrected chi connectivity index (χ3v) is 1.99. The molecule has 0 atom stereocenters. The van der Waals surface area contributed by atoms with Gasteiger partial charge in [0.1, 0.15) is 5.75 Å². The number of rotatable bonds is 4. The fourth-order valence-electron chi connectivity index (χ4n) is 1.22. The van der Waals surface area contributed by atoms with E-state index in [-0.39, 0.29) is 5.75 Å². The van der Waals surface area contributed by atoms with Crippen molar-refractivity contribution in [3.8, 4) is 5.75 Å². The summed E-state index contributed by atoms with van der Waals surface area (Å²) in [5.41, 5.74) is 0.723. The second-order valence-electron chi connectivity index (χ2n) is 3.59. The SMILES string of the molecule is CCC.CCCc1cc(Cl)ccc1OC(F)F. The molecule has 0 aliphatic carbocycles. The summed E-state index contributed by atoms with van der Waals surface area (Å²) in [5.74, 6) is 0.214. The lowest BCUT2D eigenvalue weighted by atomic mass is 10.1. The first-order chi connectivity index (χ1) is 8.04. The highest BCUT2D eigenvalue weighted by atomic mass is 35.5. The van der Waals surface area contributed by atoms with Crippen molar-refractivity contribution in [2.24, 2.45) is 0 Å². The van der Waals surface area contributed by atoms with Gasteiger partial charge in [0.05, 0.1) is 0 Å². The van der Waals surface area contributed by atoms with Gasteiger partial charge in [-0.05, 0) is 30.2 Å². The van der Waals surface area contributed by atoms with Crippen LogP contribution in [-0.2, 0) is 6.42 Å². The Balaban J connectivity index is 0.000000770. The molecule has 0 aromatic heterocycles. The summed E-state index contributed by atoms with van der Waals surface area (Å²) in [6.07, 6.45) is 2.79. The zero-order valence-corrected chi connectivity index (χ0v) is 11.2. The van der Waals surface area contributed by atoms with Crippen LogP contribution in [0.25, 0.3) is 0 Å². The van der Waals surface area contributed by atoms with Crippen LogP contribution < -0.4 is 4.74 Å². The van der Waals surface area contributed by atoms with Gasteiger partial charge in [0.25, 0.3) is 0 Å². The van der Waals surface area contributed by atoms with Gasteiger partial charge in [0, 0.05) is 5.02 Å². The lowest BCUT2D eigenvalue weighted by molar-refractivity contribution is -0.0504. The number of hydrogen-bond acceptors (Lipinski definition) is 1. The third-order valence-electron chi connectivity index (χ3n) is 1.76. The van der Waals surface area contributed by atoms with Gasteiger partial charge >= 0.3 is 6.61 Å². The van der Waals surface area contributed by atoms with Gasteiger partial charge in [-0.1, -0.05) is 45.2 Å². The van der Waals surface area contributed by atoms with E-state index in [2.05, 4.69) is 18.6 Å². The molecule has 0 bridgehead atoms. The van der Waals surface area contributed by atoms with Crippen molar-refractivity contribution in [2.75, 3.05) is 0 Å². The molecule has 0 saturated heterocycles. The molecule has 1 aromatic rings. The molecule has 0 aliphatic heterocycles. The number of aryl methyl sites for hydroxylation is 1. The maximum atomic E-state index is 12.0. The summed E-state index contributed by atoms with van der Waals surface area (Å²) in [5, 5.41) is 0.537. The van der Waals surface area contributed by atoms with Gasteiger partial charge in [-0.25, -0.2) is 0 Å². The number of hydrogen-bond donors (Lipinski definition) is 0. The molecule has 0 heterocycles. The van der Waals surface area contributed by atoms with E-state index in [4.69, 9.17) is 11.6 Å². The van der Waals surface area contributed by atoms with E-state index in [1.165, 1.54) is 12.5 Å². The van der Waals surface area contributed by atoms with Crippen LogP contribution in [0.3, 0.4) is 0 Å². The zero-order valence-electron chi connectivity index (χ0n) is 10.5. The van der Waals surface area contributed by atoms with Crippen LogP contribution in [0, 0.1) is 0 Å². The molecule has 0 N–H and O–H groups in total. The Hall–Kier alpha value is -0.830. The summed E-state index contributed by atoms with van der Waals surface area (Å²) in [6, 6.07) is 4.67. The van der Waals surface area contributed by atoms with E-state index in [1.807, 2.05) is 6.92 Å². The van der Waals surface area contributed by atoms with Crippen molar-refractivity contribution < 1.29 is 13.5 Å². The predicted octanol–water partition coefficient (Wildman–Crippen LogP) is 5.31. The molecule has 0 radical (unpaired) electrons. The minimum absolute atomic E-state index is 0.214. The highest BCUT2D eigenvalue weighted by Crippen LogP contribution is 2.25. The molecule has 0 spiro atoms.